The number of rotatable bonds is 5. The molecule has 1 atom stereocenters. The fourth-order valence-electron chi connectivity index (χ4n) is 3.95. The Morgan fingerprint density at radius 3 is 2.60 bits per heavy atom. The number of H-pyrrole nitrogens is 1. The number of pyridine rings is 1. The minimum absolute atomic E-state index is 0.188. The van der Waals surface area contributed by atoms with Gasteiger partial charge in [0.15, 0.2) is 11.2 Å². The molecule has 2 aromatic carbocycles. The maximum atomic E-state index is 13.3. The molecule has 4 aromatic rings. The minimum atomic E-state index is -0.749. The molecule has 1 unspecified atom stereocenters. The summed E-state index contributed by atoms with van der Waals surface area (Å²) < 4.78 is 10.8. The highest BCUT2D eigenvalue weighted by atomic mass is 35.5. The number of ether oxygens (including phenoxy) is 2. The van der Waals surface area contributed by atoms with Crippen molar-refractivity contribution in [2.75, 3.05) is 31.2 Å². The number of carbonyl (C=O) groups excluding carboxylic acids is 1. The Balaban J connectivity index is 1.38. The minimum Gasteiger partial charge on any atom is -0.407 e. The van der Waals surface area contributed by atoms with E-state index < -0.39 is 12.1 Å². The van der Waals surface area contributed by atoms with E-state index >= 15 is 0 Å². The van der Waals surface area contributed by atoms with Gasteiger partial charge in [0.05, 0.1) is 37.2 Å². The fraction of sp³-hybridized carbons (Fsp3) is 0.200. The van der Waals surface area contributed by atoms with Crippen molar-refractivity contribution in [2.24, 2.45) is 0 Å². The molecule has 0 radical (unpaired) electrons. The molecule has 3 heterocycles. The third-order valence-electron chi connectivity index (χ3n) is 5.70. The number of aromatic amines is 1. The van der Waals surface area contributed by atoms with Crippen molar-refractivity contribution < 1.29 is 14.3 Å². The highest BCUT2D eigenvalue weighted by molar-refractivity contribution is 6.31. The van der Waals surface area contributed by atoms with Crippen LogP contribution in [-0.2, 0) is 4.74 Å². The first kappa shape index (κ1) is 22.8. The molecule has 5 rings (SSSR count). The lowest BCUT2D eigenvalue weighted by atomic mass is 9.98. The summed E-state index contributed by atoms with van der Waals surface area (Å²) in [7, 11) is 0. The second-order valence-corrected chi connectivity index (χ2v) is 8.40. The number of carbonyl (C=O) groups is 1. The lowest BCUT2D eigenvalue weighted by Crippen LogP contribution is -2.37. The van der Waals surface area contributed by atoms with Crippen LogP contribution < -0.4 is 20.4 Å². The fourth-order valence-corrected chi connectivity index (χ4v) is 4.13. The van der Waals surface area contributed by atoms with Crippen LogP contribution in [0.1, 0.15) is 17.2 Å². The summed E-state index contributed by atoms with van der Waals surface area (Å²) >= 11 is 6.05. The second kappa shape index (κ2) is 10.1. The second-order valence-electron chi connectivity index (χ2n) is 7.96. The van der Waals surface area contributed by atoms with Gasteiger partial charge in [-0.2, -0.15) is 0 Å². The van der Waals surface area contributed by atoms with Gasteiger partial charge >= 0.3 is 6.09 Å². The Labute approximate surface area is 205 Å². The first-order chi connectivity index (χ1) is 17.1. The predicted molar refractivity (Wildman–Crippen MR) is 132 cm³/mol. The Hall–Kier alpha value is -3.95. The van der Waals surface area contributed by atoms with Crippen molar-refractivity contribution >= 4 is 34.5 Å². The third-order valence-corrected chi connectivity index (χ3v) is 5.93. The van der Waals surface area contributed by atoms with Gasteiger partial charge in [0.25, 0.3) is 0 Å². The van der Waals surface area contributed by atoms with Gasteiger partial charge in [0, 0.05) is 35.3 Å². The topological polar surface area (TPSA) is 109 Å². The molecule has 2 N–H and O–H groups in total. The average Bonchev–Trinajstić information content (AvgIpc) is 2.89. The van der Waals surface area contributed by atoms with Crippen LogP contribution in [0.3, 0.4) is 0 Å². The van der Waals surface area contributed by atoms with Crippen LogP contribution in [0.4, 0.5) is 10.7 Å². The summed E-state index contributed by atoms with van der Waals surface area (Å²) in [5, 5.41) is 3.79. The van der Waals surface area contributed by atoms with Crippen molar-refractivity contribution in [3.63, 3.8) is 0 Å². The summed E-state index contributed by atoms with van der Waals surface area (Å²) in [6.07, 6.45) is 3.74. The summed E-state index contributed by atoms with van der Waals surface area (Å²) in [4.78, 5) is 39.8. The van der Waals surface area contributed by atoms with Crippen LogP contribution >= 0.6 is 11.6 Å². The molecule has 35 heavy (non-hydrogen) atoms. The van der Waals surface area contributed by atoms with E-state index in [2.05, 4.69) is 20.3 Å². The lowest BCUT2D eigenvalue weighted by Gasteiger charge is -2.26. The van der Waals surface area contributed by atoms with Crippen LogP contribution in [0.15, 0.2) is 71.9 Å². The number of amides is 1. The number of nitrogens with one attached hydrogen (secondary N) is 2. The molecule has 1 amide bonds. The van der Waals surface area contributed by atoms with Crippen molar-refractivity contribution in [3.05, 3.63) is 93.5 Å². The van der Waals surface area contributed by atoms with Crippen molar-refractivity contribution in [1.29, 1.82) is 0 Å². The zero-order valence-electron chi connectivity index (χ0n) is 18.6. The van der Waals surface area contributed by atoms with Crippen LogP contribution in [0.2, 0.25) is 5.02 Å². The van der Waals surface area contributed by atoms with Crippen molar-refractivity contribution in [2.45, 2.75) is 6.04 Å². The molecule has 0 aliphatic carbocycles. The molecule has 9 nitrogen and oxygen atoms in total. The maximum Gasteiger partial charge on any atom is 0.413 e. The van der Waals surface area contributed by atoms with E-state index in [1.165, 1.54) is 12.4 Å². The van der Waals surface area contributed by atoms with Gasteiger partial charge in [-0.3, -0.25) is 4.79 Å². The third kappa shape index (κ3) is 5.11. The van der Waals surface area contributed by atoms with Gasteiger partial charge < -0.3 is 24.7 Å². The quantitative estimate of drug-likeness (QED) is 0.438. The van der Waals surface area contributed by atoms with E-state index in [1.807, 2.05) is 35.2 Å². The first-order valence-electron chi connectivity index (χ1n) is 11.1. The zero-order valence-corrected chi connectivity index (χ0v) is 19.4. The number of benzene rings is 2. The van der Waals surface area contributed by atoms with E-state index in [0.717, 1.165) is 5.56 Å². The summed E-state index contributed by atoms with van der Waals surface area (Å²) in [6.45, 7) is 2.63. The Kier molecular flexibility index (Phi) is 6.60. The lowest BCUT2D eigenvalue weighted by molar-refractivity contribution is 0.122. The van der Waals surface area contributed by atoms with Crippen LogP contribution in [-0.4, -0.2) is 47.3 Å². The Morgan fingerprint density at radius 2 is 1.86 bits per heavy atom. The molecule has 10 heteroatoms. The highest BCUT2D eigenvalue weighted by Crippen LogP contribution is 2.23. The summed E-state index contributed by atoms with van der Waals surface area (Å²) in [5.74, 6) is 0.736. The van der Waals surface area contributed by atoms with Crippen LogP contribution in [0, 0.1) is 0 Å². The van der Waals surface area contributed by atoms with Crippen LogP contribution in [0.5, 0.6) is 5.75 Å². The van der Waals surface area contributed by atoms with Crippen molar-refractivity contribution in [1.82, 2.24) is 20.3 Å². The number of morpholine rings is 1. The highest BCUT2D eigenvalue weighted by Gasteiger charge is 2.22. The molecule has 2 aromatic heterocycles. The number of hydrogen-bond donors (Lipinski definition) is 2. The smallest absolute Gasteiger partial charge is 0.407 e. The van der Waals surface area contributed by atoms with Crippen LogP contribution in [0.25, 0.3) is 10.9 Å². The summed E-state index contributed by atoms with van der Waals surface area (Å²) in [5.41, 5.74) is 1.48. The van der Waals surface area contributed by atoms with E-state index in [4.69, 9.17) is 21.1 Å². The number of halogens is 1. The Bertz CT molecular complexity index is 1390. The molecule has 1 fully saturated rings. The van der Waals surface area contributed by atoms with E-state index in [0.29, 0.717) is 53.7 Å². The van der Waals surface area contributed by atoms with E-state index in [9.17, 15) is 9.59 Å². The molecule has 1 aliphatic rings. The first-order valence-corrected chi connectivity index (χ1v) is 11.4. The predicted octanol–water partition coefficient (Wildman–Crippen LogP) is 3.69. The molecule has 1 saturated heterocycles. The molecule has 0 spiro atoms. The standard InChI is InChI=1S/C25H22ClN5O4/c26-17-6-7-19-21(12-17)27-15-20(23(19)32)22(16-4-2-1-3-5-16)30-25(33)35-18-13-28-24(29-14-18)31-8-10-34-11-9-31/h1-7,12-15,22H,8-11H2,(H,27,32)(H,30,33). The number of anilines is 1. The number of aromatic nitrogens is 3. The van der Waals surface area contributed by atoms with Crippen molar-refractivity contribution in [3.8, 4) is 5.75 Å². The normalized spacial score (nSPS) is 14.5. The van der Waals surface area contributed by atoms with Gasteiger partial charge in [0.1, 0.15) is 0 Å². The van der Waals surface area contributed by atoms with E-state index in [1.54, 1.807) is 24.4 Å². The Morgan fingerprint density at radius 1 is 1.11 bits per heavy atom. The SMILES string of the molecule is O=C(NC(c1ccccc1)c1c[nH]c2cc(Cl)ccc2c1=O)Oc1cnc(N2CCOCC2)nc1. The average molecular weight is 492 g/mol. The molecule has 0 saturated carbocycles. The monoisotopic (exact) mass is 491 g/mol. The van der Waals surface area contributed by atoms with E-state index in [-0.39, 0.29) is 11.2 Å². The molecule has 0 bridgehead atoms. The molecular weight excluding hydrogens is 470 g/mol. The number of nitrogens with zero attached hydrogens (tertiary/aromatic N) is 3. The molecular formula is C25H22ClN5O4. The van der Waals surface area contributed by atoms with Gasteiger partial charge in [-0.15, -0.1) is 0 Å². The van der Waals surface area contributed by atoms with Gasteiger partial charge in [-0.05, 0) is 23.8 Å². The van der Waals surface area contributed by atoms with Gasteiger partial charge in [0.2, 0.25) is 5.95 Å². The molecule has 178 valence electrons. The van der Waals surface area contributed by atoms with Gasteiger partial charge in [-0.25, -0.2) is 14.8 Å². The number of hydrogen-bond acceptors (Lipinski definition) is 7. The largest absolute Gasteiger partial charge is 0.413 e. The maximum absolute atomic E-state index is 13.3. The number of fused-ring (bicyclic) bond motifs is 1. The molecule has 1 aliphatic heterocycles. The summed E-state index contributed by atoms with van der Waals surface area (Å²) in [6, 6.07) is 13.4. The van der Waals surface area contributed by atoms with Gasteiger partial charge in [-0.1, -0.05) is 41.9 Å². The zero-order chi connectivity index (χ0) is 24.2.